The molecule has 0 atom stereocenters. The molecule has 68 valence electrons. The number of pyridine rings is 1. The zero-order valence-electron chi connectivity index (χ0n) is 6.37. The van der Waals surface area contributed by atoms with Crippen LogP contribution in [0.5, 0.6) is 0 Å². The number of halogens is 2. The average molecular weight is 293 g/mol. The minimum absolute atomic E-state index is 0.461. The highest BCUT2D eigenvalue weighted by molar-refractivity contribution is 14.1. The van der Waals surface area contributed by atoms with E-state index in [1.807, 2.05) is 22.6 Å². The van der Waals surface area contributed by atoms with Crippen molar-refractivity contribution in [1.82, 2.24) is 4.98 Å². The maximum Gasteiger partial charge on any atom is 0.328 e. The van der Waals surface area contributed by atoms with Crippen LogP contribution in [0.3, 0.4) is 0 Å². The highest BCUT2D eigenvalue weighted by Gasteiger charge is 1.99. The summed E-state index contributed by atoms with van der Waals surface area (Å²) in [5.74, 6) is -1.55. The number of carboxylic acids is 1. The third kappa shape index (κ3) is 3.10. The van der Waals surface area contributed by atoms with Crippen molar-refractivity contribution >= 4 is 34.6 Å². The molecule has 0 saturated carbocycles. The first-order chi connectivity index (χ1) is 6.09. The zero-order valence-corrected chi connectivity index (χ0v) is 8.53. The third-order valence-electron chi connectivity index (χ3n) is 1.24. The number of nitrogens with zero attached hydrogens (tertiary/aromatic N) is 1. The highest BCUT2D eigenvalue weighted by atomic mass is 127. The molecule has 1 aromatic heterocycles. The summed E-state index contributed by atoms with van der Waals surface area (Å²) in [5, 5.41) is 8.33. The second kappa shape index (κ2) is 4.31. The Hall–Kier alpha value is -0.980. The van der Waals surface area contributed by atoms with Crippen molar-refractivity contribution < 1.29 is 14.3 Å². The molecule has 1 heterocycles. The predicted molar refractivity (Wildman–Crippen MR) is 53.6 cm³/mol. The molecule has 0 aliphatic rings. The van der Waals surface area contributed by atoms with Gasteiger partial charge in [0.15, 0.2) is 0 Å². The molecule has 0 amide bonds. The minimum Gasteiger partial charge on any atom is -0.478 e. The fourth-order valence-electron chi connectivity index (χ4n) is 0.716. The van der Waals surface area contributed by atoms with E-state index in [1.165, 1.54) is 12.1 Å². The maximum atomic E-state index is 12.6. The first kappa shape index (κ1) is 10.1. The molecule has 0 radical (unpaired) electrons. The van der Waals surface area contributed by atoms with Gasteiger partial charge in [-0.2, -0.15) is 0 Å². The molecular weight excluding hydrogens is 288 g/mol. The number of hydrogen-bond donors (Lipinski definition) is 1. The molecule has 0 spiro atoms. The smallest absolute Gasteiger partial charge is 0.328 e. The third-order valence-corrected chi connectivity index (χ3v) is 2.14. The molecule has 0 aromatic carbocycles. The van der Waals surface area contributed by atoms with Crippen LogP contribution in [0.2, 0.25) is 0 Å². The Kier molecular flexibility index (Phi) is 3.35. The summed E-state index contributed by atoms with van der Waals surface area (Å²) in [7, 11) is 0. The summed E-state index contributed by atoms with van der Waals surface area (Å²) >= 11 is 1.90. The largest absolute Gasteiger partial charge is 0.478 e. The van der Waals surface area contributed by atoms with Crippen LogP contribution in [-0.4, -0.2) is 16.1 Å². The van der Waals surface area contributed by atoms with Crippen LogP contribution in [0.4, 0.5) is 4.39 Å². The van der Waals surface area contributed by atoms with Crippen molar-refractivity contribution in [2.24, 2.45) is 0 Å². The molecule has 0 bridgehead atoms. The quantitative estimate of drug-likeness (QED) is 0.515. The first-order valence-electron chi connectivity index (χ1n) is 3.31. The van der Waals surface area contributed by atoms with Crippen molar-refractivity contribution in [3.05, 3.63) is 33.4 Å². The highest BCUT2D eigenvalue weighted by Crippen LogP contribution is 2.12. The Bertz CT molecular complexity index is 365. The lowest BCUT2D eigenvalue weighted by Crippen LogP contribution is -1.90. The molecule has 0 saturated heterocycles. The maximum absolute atomic E-state index is 12.6. The number of aliphatic carboxylic acids is 1. The van der Waals surface area contributed by atoms with Crippen LogP contribution in [0, 0.1) is 9.52 Å². The van der Waals surface area contributed by atoms with E-state index in [2.05, 4.69) is 4.98 Å². The normalized spacial score (nSPS) is 10.6. The van der Waals surface area contributed by atoms with Crippen LogP contribution < -0.4 is 0 Å². The van der Waals surface area contributed by atoms with Crippen LogP contribution >= 0.6 is 22.6 Å². The van der Waals surface area contributed by atoms with Crippen molar-refractivity contribution in [3.8, 4) is 0 Å². The van der Waals surface area contributed by atoms with Gasteiger partial charge in [0.1, 0.15) is 9.52 Å². The van der Waals surface area contributed by atoms with E-state index < -0.39 is 11.8 Å². The van der Waals surface area contributed by atoms with Gasteiger partial charge in [-0.25, -0.2) is 14.2 Å². The lowest BCUT2D eigenvalue weighted by atomic mass is 10.2. The molecule has 5 heteroatoms. The lowest BCUT2D eigenvalue weighted by molar-refractivity contribution is -0.131. The molecule has 3 nitrogen and oxygen atoms in total. The van der Waals surface area contributed by atoms with Crippen molar-refractivity contribution in [2.45, 2.75) is 0 Å². The van der Waals surface area contributed by atoms with E-state index in [4.69, 9.17) is 5.11 Å². The number of rotatable bonds is 2. The van der Waals surface area contributed by atoms with E-state index in [0.29, 0.717) is 9.26 Å². The molecule has 0 aliphatic carbocycles. The standard InChI is InChI=1S/C8H5FINO2/c9-6-3-5(1-2-7(12)13)8(10)11-4-6/h1-4H,(H,12,13)/b2-1+. The van der Waals surface area contributed by atoms with Gasteiger partial charge in [0.05, 0.1) is 6.20 Å². The van der Waals surface area contributed by atoms with Gasteiger partial charge < -0.3 is 5.11 Å². The molecular formula is C8H5FINO2. The Balaban J connectivity index is 3.00. The summed E-state index contributed by atoms with van der Waals surface area (Å²) in [6, 6.07) is 1.23. The van der Waals surface area contributed by atoms with Crippen LogP contribution in [0.15, 0.2) is 18.3 Å². The van der Waals surface area contributed by atoms with Gasteiger partial charge in [-0.1, -0.05) is 0 Å². The Labute approximate surface area is 87.4 Å². The van der Waals surface area contributed by atoms with Crippen molar-refractivity contribution in [1.29, 1.82) is 0 Å². The molecule has 1 aromatic rings. The van der Waals surface area contributed by atoms with E-state index in [-0.39, 0.29) is 0 Å². The average Bonchev–Trinajstić information content (AvgIpc) is 2.06. The van der Waals surface area contributed by atoms with Gasteiger partial charge >= 0.3 is 5.97 Å². The topological polar surface area (TPSA) is 50.2 Å². The summed E-state index contributed by atoms with van der Waals surface area (Å²) in [6.45, 7) is 0. The van der Waals surface area contributed by atoms with Gasteiger partial charge in [0, 0.05) is 11.6 Å². The second-order valence-corrected chi connectivity index (χ2v) is 3.23. The Morgan fingerprint density at radius 2 is 2.38 bits per heavy atom. The summed E-state index contributed by atoms with van der Waals surface area (Å²) in [4.78, 5) is 13.9. The molecule has 0 fully saturated rings. The molecule has 1 N–H and O–H groups in total. The number of aromatic nitrogens is 1. The van der Waals surface area contributed by atoms with Crippen LogP contribution in [0.1, 0.15) is 5.56 Å². The van der Waals surface area contributed by atoms with Crippen LogP contribution in [-0.2, 0) is 4.79 Å². The van der Waals surface area contributed by atoms with Gasteiger partial charge in [0.25, 0.3) is 0 Å². The van der Waals surface area contributed by atoms with Crippen LogP contribution in [0.25, 0.3) is 6.08 Å². The fourth-order valence-corrected chi connectivity index (χ4v) is 1.19. The second-order valence-electron chi connectivity index (χ2n) is 2.21. The minimum atomic E-state index is -1.07. The number of hydrogen-bond acceptors (Lipinski definition) is 2. The van der Waals surface area contributed by atoms with E-state index in [1.54, 1.807) is 0 Å². The molecule has 13 heavy (non-hydrogen) atoms. The van der Waals surface area contributed by atoms with E-state index in [9.17, 15) is 9.18 Å². The monoisotopic (exact) mass is 293 g/mol. The summed E-state index contributed by atoms with van der Waals surface area (Å²) in [5.41, 5.74) is 0.461. The molecule has 1 rings (SSSR count). The SMILES string of the molecule is O=C(O)/C=C/c1cc(F)cnc1I. The van der Waals surface area contributed by atoms with E-state index >= 15 is 0 Å². The van der Waals surface area contributed by atoms with Gasteiger partial charge in [0.2, 0.25) is 0 Å². The number of carbonyl (C=O) groups is 1. The predicted octanol–water partition coefficient (Wildman–Crippen LogP) is 1.92. The van der Waals surface area contributed by atoms with Gasteiger partial charge in [-0.3, -0.25) is 0 Å². The zero-order chi connectivity index (χ0) is 9.84. The van der Waals surface area contributed by atoms with Gasteiger partial charge in [-0.05, 0) is 34.7 Å². The summed E-state index contributed by atoms with van der Waals surface area (Å²) in [6.07, 6.45) is 3.33. The Morgan fingerprint density at radius 3 is 3.00 bits per heavy atom. The molecule has 0 unspecified atom stereocenters. The van der Waals surface area contributed by atoms with Crippen molar-refractivity contribution in [3.63, 3.8) is 0 Å². The van der Waals surface area contributed by atoms with Gasteiger partial charge in [-0.15, -0.1) is 0 Å². The molecule has 0 aliphatic heterocycles. The Morgan fingerprint density at radius 1 is 1.69 bits per heavy atom. The summed E-state index contributed by atoms with van der Waals surface area (Å²) < 4.78 is 13.2. The van der Waals surface area contributed by atoms with E-state index in [0.717, 1.165) is 12.3 Å². The fraction of sp³-hybridized carbons (Fsp3) is 0. The van der Waals surface area contributed by atoms with Crippen molar-refractivity contribution in [2.75, 3.05) is 0 Å². The number of carboxylic acid groups (broad SMARTS) is 1. The lowest BCUT2D eigenvalue weighted by Gasteiger charge is -1.95. The first-order valence-corrected chi connectivity index (χ1v) is 4.39.